The second-order valence-corrected chi connectivity index (χ2v) is 5.08. The minimum atomic E-state index is 0.388. The summed E-state index contributed by atoms with van der Waals surface area (Å²) in [4.78, 5) is 2.54. The van der Waals surface area contributed by atoms with Gasteiger partial charge in [-0.05, 0) is 38.1 Å². The van der Waals surface area contributed by atoms with Crippen molar-refractivity contribution in [3.63, 3.8) is 0 Å². The Bertz CT molecular complexity index is 361. The molecule has 1 N–H and O–H groups in total. The maximum atomic E-state index is 6.28. The van der Waals surface area contributed by atoms with Gasteiger partial charge in [0.1, 0.15) is 0 Å². The van der Waals surface area contributed by atoms with Crippen LogP contribution in [0, 0.1) is 0 Å². The van der Waals surface area contributed by atoms with Gasteiger partial charge in [0.25, 0.3) is 0 Å². The second-order valence-electron chi connectivity index (χ2n) is 4.67. The molecular weight excluding hydrogens is 232 g/mol. The van der Waals surface area contributed by atoms with E-state index in [1.165, 1.54) is 12.0 Å². The number of halogens is 1. The summed E-state index contributed by atoms with van der Waals surface area (Å²) in [5.74, 6) is 0. The third kappa shape index (κ3) is 2.82. The number of hydrogen-bond donors (Lipinski definition) is 1. The van der Waals surface area contributed by atoms with Crippen LogP contribution in [0.2, 0.25) is 5.02 Å². The van der Waals surface area contributed by atoms with Crippen LogP contribution in [0.3, 0.4) is 0 Å². The van der Waals surface area contributed by atoms with E-state index in [2.05, 4.69) is 36.2 Å². The number of rotatable bonds is 4. The molecule has 1 heterocycles. The van der Waals surface area contributed by atoms with Crippen molar-refractivity contribution in [2.24, 2.45) is 0 Å². The van der Waals surface area contributed by atoms with Crippen LogP contribution in [0.1, 0.15) is 31.9 Å². The van der Waals surface area contributed by atoms with Crippen LogP contribution in [0.4, 0.5) is 0 Å². The molecule has 2 nitrogen and oxygen atoms in total. The lowest BCUT2D eigenvalue weighted by molar-refractivity contribution is 0.163. The Morgan fingerprint density at radius 1 is 1.47 bits per heavy atom. The normalized spacial score (nSPS) is 22.0. The summed E-state index contributed by atoms with van der Waals surface area (Å²) in [5, 5.41) is 4.31. The van der Waals surface area contributed by atoms with Crippen molar-refractivity contribution in [1.29, 1.82) is 0 Å². The van der Waals surface area contributed by atoms with Crippen LogP contribution in [0.25, 0.3) is 0 Å². The molecule has 0 spiro atoms. The molecule has 94 valence electrons. The van der Waals surface area contributed by atoms with E-state index in [0.29, 0.717) is 12.1 Å². The lowest BCUT2D eigenvalue weighted by Crippen LogP contribution is -2.38. The first-order valence-corrected chi connectivity index (χ1v) is 6.82. The molecule has 2 unspecified atom stereocenters. The van der Waals surface area contributed by atoms with E-state index in [1.54, 1.807) is 0 Å². The molecule has 3 heteroatoms. The highest BCUT2D eigenvalue weighted by molar-refractivity contribution is 6.31. The van der Waals surface area contributed by atoms with Gasteiger partial charge >= 0.3 is 0 Å². The Balaban J connectivity index is 2.16. The van der Waals surface area contributed by atoms with E-state index in [1.807, 2.05) is 12.1 Å². The third-order valence-corrected chi connectivity index (χ3v) is 4.07. The smallest absolute Gasteiger partial charge is 0.0453 e. The largest absolute Gasteiger partial charge is 0.315 e. The molecule has 2 rings (SSSR count). The minimum absolute atomic E-state index is 0.388. The molecule has 1 aliphatic rings. The first-order valence-electron chi connectivity index (χ1n) is 6.45. The summed E-state index contributed by atoms with van der Waals surface area (Å²) >= 11 is 6.28. The predicted molar refractivity (Wildman–Crippen MR) is 73.5 cm³/mol. The van der Waals surface area contributed by atoms with Crippen LogP contribution in [-0.4, -0.2) is 30.6 Å². The lowest BCUT2D eigenvalue weighted by Gasteiger charge is -2.33. The third-order valence-electron chi connectivity index (χ3n) is 3.72. The van der Waals surface area contributed by atoms with Crippen LogP contribution in [0.5, 0.6) is 0 Å². The van der Waals surface area contributed by atoms with Gasteiger partial charge in [-0.3, -0.25) is 4.90 Å². The first kappa shape index (κ1) is 12.9. The average molecular weight is 253 g/mol. The van der Waals surface area contributed by atoms with E-state index in [4.69, 9.17) is 11.6 Å². The maximum absolute atomic E-state index is 6.28. The van der Waals surface area contributed by atoms with E-state index >= 15 is 0 Å². The minimum Gasteiger partial charge on any atom is -0.315 e. The van der Waals surface area contributed by atoms with Crippen molar-refractivity contribution in [3.8, 4) is 0 Å². The van der Waals surface area contributed by atoms with Crippen LogP contribution < -0.4 is 5.32 Å². The fourth-order valence-electron chi connectivity index (χ4n) is 2.76. The van der Waals surface area contributed by atoms with Gasteiger partial charge in [-0.15, -0.1) is 0 Å². The van der Waals surface area contributed by atoms with Gasteiger partial charge in [0.15, 0.2) is 0 Å². The number of nitrogens with zero attached hydrogens (tertiary/aromatic N) is 1. The molecule has 0 saturated carbocycles. The molecule has 0 amide bonds. The number of benzene rings is 1. The Labute approximate surface area is 109 Å². The average Bonchev–Trinajstić information content (AvgIpc) is 2.84. The molecule has 1 aromatic carbocycles. The van der Waals surface area contributed by atoms with Crippen LogP contribution in [-0.2, 0) is 0 Å². The van der Waals surface area contributed by atoms with Crippen molar-refractivity contribution in [3.05, 3.63) is 34.9 Å². The molecule has 2 atom stereocenters. The van der Waals surface area contributed by atoms with Gasteiger partial charge in [-0.1, -0.05) is 36.7 Å². The Kier molecular flexibility index (Phi) is 4.43. The highest BCUT2D eigenvalue weighted by Gasteiger charge is 2.26. The standard InChI is InChI=1S/C14H21ClN2/c1-3-17(12-8-9-16-10-12)11(2)13-6-4-5-7-14(13)15/h4-7,11-12,16H,3,8-10H2,1-2H3. The quantitative estimate of drug-likeness (QED) is 0.886. The van der Waals surface area contributed by atoms with Gasteiger partial charge in [-0.25, -0.2) is 0 Å². The van der Waals surface area contributed by atoms with Crippen LogP contribution >= 0.6 is 11.6 Å². The molecule has 1 fully saturated rings. The van der Waals surface area contributed by atoms with Crippen molar-refractivity contribution < 1.29 is 0 Å². The molecule has 17 heavy (non-hydrogen) atoms. The Hall–Kier alpha value is -0.570. The summed E-state index contributed by atoms with van der Waals surface area (Å²) in [5.41, 5.74) is 1.24. The van der Waals surface area contributed by atoms with Crippen molar-refractivity contribution in [1.82, 2.24) is 10.2 Å². The molecule has 0 bridgehead atoms. The zero-order chi connectivity index (χ0) is 12.3. The zero-order valence-corrected chi connectivity index (χ0v) is 11.4. The molecule has 0 radical (unpaired) electrons. The summed E-state index contributed by atoms with van der Waals surface area (Å²) in [6.45, 7) is 7.78. The van der Waals surface area contributed by atoms with E-state index in [9.17, 15) is 0 Å². The van der Waals surface area contributed by atoms with Gasteiger partial charge in [0.05, 0.1) is 0 Å². The van der Waals surface area contributed by atoms with Gasteiger partial charge < -0.3 is 5.32 Å². The van der Waals surface area contributed by atoms with Crippen molar-refractivity contribution in [2.75, 3.05) is 19.6 Å². The second kappa shape index (κ2) is 5.85. The predicted octanol–water partition coefficient (Wildman–Crippen LogP) is 3.08. The fraction of sp³-hybridized carbons (Fsp3) is 0.571. The summed E-state index contributed by atoms with van der Waals surface area (Å²) in [7, 11) is 0. The Morgan fingerprint density at radius 2 is 2.24 bits per heavy atom. The van der Waals surface area contributed by atoms with Gasteiger partial charge in [-0.2, -0.15) is 0 Å². The van der Waals surface area contributed by atoms with E-state index < -0.39 is 0 Å². The molecule has 1 saturated heterocycles. The number of likely N-dealkylation sites (N-methyl/N-ethyl adjacent to an activating group) is 1. The highest BCUT2D eigenvalue weighted by atomic mass is 35.5. The number of nitrogens with one attached hydrogen (secondary N) is 1. The first-order chi connectivity index (χ1) is 8.24. The lowest BCUT2D eigenvalue weighted by atomic mass is 10.0. The number of hydrogen-bond acceptors (Lipinski definition) is 2. The molecular formula is C14H21ClN2. The SMILES string of the molecule is CCN(C1CCNC1)C(C)c1ccccc1Cl. The van der Waals surface area contributed by atoms with E-state index in [-0.39, 0.29) is 0 Å². The fourth-order valence-corrected chi connectivity index (χ4v) is 3.06. The van der Waals surface area contributed by atoms with Gasteiger partial charge in [0, 0.05) is 23.7 Å². The zero-order valence-electron chi connectivity index (χ0n) is 10.6. The van der Waals surface area contributed by atoms with Crippen molar-refractivity contribution in [2.45, 2.75) is 32.4 Å². The van der Waals surface area contributed by atoms with Crippen molar-refractivity contribution >= 4 is 11.6 Å². The molecule has 1 aliphatic heterocycles. The highest BCUT2D eigenvalue weighted by Crippen LogP contribution is 2.29. The van der Waals surface area contributed by atoms with Crippen LogP contribution in [0.15, 0.2) is 24.3 Å². The van der Waals surface area contributed by atoms with Gasteiger partial charge in [0.2, 0.25) is 0 Å². The summed E-state index contributed by atoms with van der Waals surface area (Å²) in [6, 6.07) is 9.21. The molecule has 0 aromatic heterocycles. The molecule has 0 aliphatic carbocycles. The Morgan fingerprint density at radius 3 is 2.82 bits per heavy atom. The summed E-state index contributed by atoms with van der Waals surface area (Å²) < 4.78 is 0. The van der Waals surface area contributed by atoms with E-state index in [0.717, 1.165) is 24.7 Å². The summed E-state index contributed by atoms with van der Waals surface area (Å²) in [6.07, 6.45) is 1.24. The topological polar surface area (TPSA) is 15.3 Å². The molecule has 1 aromatic rings. The maximum Gasteiger partial charge on any atom is 0.0453 e. The monoisotopic (exact) mass is 252 g/mol.